The summed E-state index contributed by atoms with van der Waals surface area (Å²) in [4.78, 5) is 12.8. The van der Waals surface area contributed by atoms with Crippen LogP contribution in [0.2, 0.25) is 0 Å². The molecule has 34 heavy (non-hydrogen) atoms. The lowest BCUT2D eigenvalue weighted by molar-refractivity contribution is -0.122. The molecule has 0 spiro atoms. The first-order valence-electron chi connectivity index (χ1n) is 12.0. The van der Waals surface area contributed by atoms with Crippen LogP contribution in [-0.4, -0.2) is 20.7 Å². The van der Waals surface area contributed by atoms with Gasteiger partial charge in [0, 0.05) is 17.9 Å². The van der Waals surface area contributed by atoms with Crippen LogP contribution in [0.3, 0.4) is 0 Å². The molecule has 182 valence electrons. The molecule has 2 aromatic carbocycles. The van der Waals surface area contributed by atoms with Gasteiger partial charge in [0.25, 0.3) is 0 Å². The van der Waals surface area contributed by atoms with Gasteiger partial charge in [-0.05, 0) is 56.2 Å². The Morgan fingerprint density at radius 3 is 2.38 bits per heavy atom. The van der Waals surface area contributed by atoms with E-state index in [4.69, 9.17) is 0 Å². The molecule has 0 aliphatic rings. The lowest BCUT2D eigenvalue weighted by atomic mass is 9.84. The molecule has 0 saturated heterocycles. The third kappa shape index (κ3) is 7.45. The monoisotopic (exact) mass is 478 g/mol. The maximum atomic E-state index is 12.8. The second-order valence-corrected chi connectivity index (χ2v) is 11.6. The summed E-state index contributed by atoms with van der Waals surface area (Å²) in [5.41, 5.74) is 4.90. The fourth-order valence-corrected chi connectivity index (χ4v) is 5.24. The number of nitrogens with one attached hydrogen (secondary N) is 1. The second-order valence-electron chi connectivity index (χ2n) is 10.7. The highest BCUT2D eigenvalue weighted by molar-refractivity contribution is 7.98. The van der Waals surface area contributed by atoms with Gasteiger partial charge < -0.3 is 5.32 Å². The Labute approximate surface area is 208 Å². The molecule has 0 bridgehead atoms. The highest BCUT2D eigenvalue weighted by Crippen LogP contribution is 2.29. The van der Waals surface area contributed by atoms with Crippen molar-refractivity contribution in [2.75, 3.05) is 0 Å². The Hall–Kier alpha value is -2.60. The minimum Gasteiger partial charge on any atom is -0.346 e. The normalized spacial score (nSPS) is 13.5. The first kappa shape index (κ1) is 26.0. The number of carbonyl (C=O) groups excluding carboxylic acids is 1. The van der Waals surface area contributed by atoms with Crippen molar-refractivity contribution in [3.63, 3.8) is 0 Å². The van der Waals surface area contributed by atoms with Crippen LogP contribution in [-0.2, 0) is 10.5 Å². The molecule has 0 aliphatic carbocycles. The molecule has 2 atom stereocenters. The van der Waals surface area contributed by atoms with E-state index >= 15 is 0 Å². The predicted molar refractivity (Wildman–Crippen MR) is 141 cm³/mol. The lowest BCUT2D eigenvalue weighted by Gasteiger charge is -2.23. The molecule has 2 unspecified atom stereocenters. The van der Waals surface area contributed by atoms with Crippen LogP contribution in [0.25, 0.3) is 5.69 Å². The Kier molecular flexibility index (Phi) is 8.58. The molecule has 1 N–H and O–H groups in total. The summed E-state index contributed by atoms with van der Waals surface area (Å²) in [6, 6.07) is 16.6. The van der Waals surface area contributed by atoms with Crippen LogP contribution >= 0.6 is 11.8 Å². The van der Waals surface area contributed by atoms with E-state index in [-0.39, 0.29) is 17.4 Å². The van der Waals surface area contributed by atoms with Crippen molar-refractivity contribution in [1.29, 1.82) is 0 Å². The van der Waals surface area contributed by atoms with Gasteiger partial charge in [-0.1, -0.05) is 87.0 Å². The van der Waals surface area contributed by atoms with Crippen molar-refractivity contribution >= 4 is 17.7 Å². The molecule has 1 heterocycles. The number of aryl methyl sites for hydroxylation is 2. The quantitative estimate of drug-likeness (QED) is 0.343. The summed E-state index contributed by atoms with van der Waals surface area (Å²) >= 11 is 1.66. The number of benzene rings is 2. The lowest BCUT2D eigenvalue weighted by Crippen LogP contribution is -2.30. The van der Waals surface area contributed by atoms with Gasteiger partial charge in [0.1, 0.15) is 0 Å². The van der Waals surface area contributed by atoms with Gasteiger partial charge >= 0.3 is 0 Å². The average Bonchev–Trinajstić information content (AvgIpc) is 3.15. The first-order chi connectivity index (χ1) is 16.0. The Morgan fingerprint density at radius 2 is 1.74 bits per heavy atom. The molecule has 1 amide bonds. The van der Waals surface area contributed by atoms with Crippen LogP contribution in [0.15, 0.2) is 53.7 Å². The molecule has 0 aliphatic heterocycles. The van der Waals surface area contributed by atoms with E-state index in [1.807, 2.05) is 6.92 Å². The van der Waals surface area contributed by atoms with Crippen LogP contribution < -0.4 is 5.32 Å². The summed E-state index contributed by atoms with van der Waals surface area (Å²) in [7, 11) is 0. The van der Waals surface area contributed by atoms with Crippen LogP contribution in [0.1, 0.15) is 76.0 Å². The standard InChI is InChI=1S/C28H38N4OS/c1-19-11-13-24(14-12-19)32-26(22(4)29-25(33)16-21(3)17-28(5,6)7)30-31-27(32)34-18-23-10-8-9-20(2)15-23/h8-15,21-22H,16-18H2,1-7H3,(H,29,33). The Morgan fingerprint density at radius 1 is 1.03 bits per heavy atom. The number of rotatable bonds is 9. The minimum absolute atomic E-state index is 0.0525. The van der Waals surface area contributed by atoms with Crippen molar-refractivity contribution in [2.24, 2.45) is 11.3 Å². The molecule has 0 saturated carbocycles. The Bertz CT molecular complexity index is 1100. The predicted octanol–water partition coefficient (Wildman–Crippen LogP) is 6.82. The van der Waals surface area contributed by atoms with Gasteiger partial charge in [-0.15, -0.1) is 10.2 Å². The van der Waals surface area contributed by atoms with Crippen molar-refractivity contribution < 1.29 is 4.79 Å². The number of nitrogens with zero attached hydrogens (tertiary/aromatic N) is 3. The van der Waals surface area contributed by atoms with E-state index in [0.717, 1.165) is 28.8 Å². The van der Waals surface area contributed by atoms with Gasteiger partial charge in [-0.3, -0.25) is 9.36 Å². The van der Waals surface area contributed by atoms with Gasteiger partial charge in [0.05, 0.1) is 6.04 Å². The zero-order chi connectivity index (χ0) is 24.9. The van der Waals surface area contributed by atoms with Gasteiger partial charge in [-0.25, -0.2) is 0 Å². The van der Waals surface area contributed by atoms with E-state index < -0.39 is 0 Å². The third-order valence-corrected chi connectivity index (χ3v) is 6.66. The smallest absolute Gasteiger partial charge is 0.220 e. The number of hydrogen-bond donors (Lipinski definition) is 1. The van der Waals surface area contributed by atoms with Gasteiger partial charge in [-0.2, -0.15) is 0 Å². The maximum Gasteiger partial charge on any atom is 0.220 e. The van der Waals surface area contributed by atoms with Crippen LogP contribution in [0, 0.1) is 25.2 Å². The molecule has 5 nitrogen and oxygen atoms in total. The fourth-order valence-electron chi connectivity index (χ4n) is 4.34. The van der Waals surface area contributed by atoms with Gasteiger partial charge in [0.15, 0.2) is 11.0 Å². The number of thioether (sulfide) groups is 1. The van der Waals surface area contributed by atoms with Gasteiger partial charge in [0.2, 0.25) is 5.91 Å². The first-order valence-corrected chi connectivity index (χ1v) is 13.0. The highest BCUT2D eigenvalue weighted by Gasteiger charge is 2.23. The average molecular weight is 479 g/mol. The zero-order valence-electron chi connectivity index (χ0n) is 21.6. The molecule has 0 radical (unpaired) electrons. The Balaban J connectivity index is 1.80. The number of hydrogen-bond acceptors (Lipinski definition) is 4. The highest BCUT2D eigenvalue weighted by atomic mass is 32.2. The summed E-state index contributed by atoms with van der Waals surface area (Å²) in [5.74, 6) is 1.92. The number of amides is 1. The topological polar surface area (TPSA) is 59.8 Å². The summed E-state index contributed by atoms with van der Waals surface area (Å²) < 4.78 is 2.07. The molecular formula is C28H38N4OS. The van der Waals surface area contributed by atoms with E-state index in [0.29, 0.717) is 12.3 Å². The number of aromatic nitrogens is 3. The van der Waals surface area contributed by atoms with Crippen molar-refractivity contribution in [1.82, 2.24) is 20.1 Å². The van der Waals surface area contributed by atoms with Crippen LogP contribution in [0.4, 0.5) is 0 Å². The molecule has 3 rings (SSSR count). The van der Waals surface area contributed by atoms with Crippen molar-refractivity contribution in [2.45, 2.75) is 78.3 Å². The summed E-state index contributed by atoms with van der Waals surface area (Å²) in [5, 5.41) is 13.0. The molecule has 0 fully saturated rings. The molecule has 1 aromatic heterocycles. The van der Waals surface area contributed by atoms with Crippen molar-refractivity contribution in [3.05, 3.63) is 71.0 Å². The van der Waals surface area contributed by atoms with E-state index in [9.17, 15) is 4.79 Å². The third-order valence-electron chi connectivity index (χ3n) is 5.66. The summed E-state index contributed by atoms with van der Waals surface area (Å²) in [6.07, 6.45) is 1.52. The minimum atomic E-state index is -0.253. The van der Waals surface area contributed by atoms with Crippen molar-refractivity contribution in [3.8, 4) is 5.69 Å². The van der Waals surface area contributed by atoms with E-state index in [1.54, 1.807) is 11.8 Å². The fraction of sp³-hybridized carbons (Fsp3) is 0.464. The maximum absolute atomic E-state index is 12.8. The SMILES string of the molecule is Cc1ccc(-n2c(SCc3cccc(C)c3)nnc2C(C)NC(=O)CC(C)CC(C)(C)C)cc1. The zero-order valence-corrected chi connectivity index (χ0v) is 22.4. The van der Waals surface area contributed by atoms with E-state index in [2.05, 4.69) is 110 Å². The summed E-state index contributed by atoms with van der Waals surface area (Å²) in [6.45, 7) is 14.9. The number of carbonyl (C=O) groups is 1. The molecule has 6 heteroatoms. The largest absolute Gasteiger partial charge is 0.346 e. The van der Waals surface area contributed by atoms with E-state index in [1.165, 1.54) is 16.7 Å². The molecular weight excluding hydrogens is 440 g/mol. The van der Waals surface area contributed by atoms with Crippen LogP contribution in [0.5, 0.6) is 0 Å². The molecule has 3 aromatic rings. The second kappa shape index (κ2) is 11.2.